The molecule has 0 radical (unpaired) electrons. The molecule has 7 aromatic rings. The lowest BCUT2D eigenvalue weighted by Gasteiger charge is -2.41. The molecule has 0 N–H and O–H groups in total. The molecule has 310 valence electrons. The monoisotopic (exact) mass is 828 g/mol. The first-order chi connectivity index (χ1) is 30.2. The van der Waals surface area contributed by atoms with Crippen LogP contribution in [0.3, 0.4) is 0 Å². The summed E-state index contributed by atoms with van der Waals surface area (Å²) in [5.41, 5.74) is 13.9. The van der Waals surface area contributed by atoms with Crippen molar-refractivity contribution in [3.63, 3.8) is 0 Å². The van der Waals surface area contributed by atoms with Crippen LogP contribution in [0, 0.1) is 18.8 Å². The summed E-state index contributed by atoms with van der Waals surface area (Å²) in [6, 6.07) is 43.2. The van der Waals surface area contributed by atoms with E-state index >= 15 is 0 Å². The summed E-state index contributed by atoms with van der Waals surface area (Å²) in [5, 5.41) is 4.45. The molecule has 0 saturated heterocycles. The fourth-order valence-corrected chi connectivity index (χ4v) is 9.93. The van der Waals surface area contributed by atoms with E-state index in [1.807, 2.05) is 0 Å². The van der Waals surface area contributed by atoms with Gasteiger partial charge in [-0.15, -0.1) is 25.8 Å². The zero-order valence-electron chi connectivity index (χ0n) is 36.4. The number of allylic oxidation sites excluding steroid dienone is 8. The SMILES string of the molecule is C=C.C=C(/C=C(\C1C=CC=CC1C)N(c1cccc2c1oc1c(-c3ccccc3)cccc12)C1CCCC=C1C)c1c(S)cc(N(C(=C)C)c2ccccc2C)c2ccccc12. The van der Waals surface area contributed by atoms with Crippen LogP contribution >= 0.6 is 12.6 Å². The quantitative estimate of drug-likeness (QED) is 0.0842. The van der Waals surface area contributed by atoms with Crippen LogP contribution in [0.5, 0.6) is 0 Å². The Morgan fingerprint density at radius 1 is 0.726 bits per heavy atom. The van der Waals surface area contributed by atoms with E-state index in [0.717, 1.165) is 102 Å². The number of hydrogen-bond donors (Lipinski definition) is 1. The van der Waals surface area contributed by atoms with Crippen LogP contribution < -0.4 is 9.80 Å². The number of rotatable bonds is 10. The fourth-order valence-electron chi connectivity index (χ4n) is 9.55. The topological polar surface area (TPSA) is 19.6 Å². The van der Waals surface area contributed by atoms with Crippen LogP contribution in [0.15, 0.2) is 210 Å². The van der Waals surface area contributed by atoms with Crippen molar-refractivity contribution in [3.05, 3.63) is 212 Å². The summed E-state index contributed by atoms with van der Waals surface area (Å²) in [4.78, 5) is 5.72. The number of anilines is 3. The van der Waals surface area contributed by atoms with Gasteiger partial charge in [0.15, 0.2) is 5.58 Å². The molecule has 2 aliphatic rings. The van der Waals surface area contributed by atoms with Crippen LogP contribution in [0.4, 0.5) is 17.1 Å². The van der Waals surface area contributed by atoms with E-state index in [9.17, 15) is 0 Å². The summed E-state index contributed by atoms with van der Waals surface area (Å²) in [6.45, 7) is 24.2. The van der Waals surface area contributed by atoms with E-state index in [-0.39, 0.29) is 17.9 Å². The Labute approximate surface area is 373 Å². The van der Waals surface area contributed by atoms with Gasteiger partial charge in [0.1, 0.15) is 5.58 Å². The van der Waals surface area contributed by atoms with Gasteiger partial charge in [0, 0.05) is 55.2 Å². The Bertz CT molecular complexity index is 2940. The average molecular weight is 829 g/mol. The molecule has 0 saturated carbocycles. The molecule has 4 heteroatoms. The lowest BCUT2D eigenvalue weighted by atomic mass is 9.83. The molecule has 3 atom stereocenters. The maximum absolute atomic E-state index is 7.14. The number of aryl methyl sites for hydroxylation is 1. The molecule has 0 bridgehead atoms. The van der Waals surface area contributed by atoms with Gasteiger partial charge in [0.25, 0.3) is 0 Å². The molecule has 0 aliphatic heterocycles. The first-order valence-corrected chi connectivity index (χ1v) is 22.1. The van der Waals surface area contributed by atoms with Crippen LogP contribution in [0.1, 0.15) is 51.2 Å². The van der Waals surface area contributed by atoms with E-state index in [1.54, 1.807) is 0 Å². The molecule has 3 nitrogen and oxygen atoms in total. The highest BCUT2D eigenvalue weighted by molar-refractivity contribution is 7.80. The Balaban J connectivity index is 0.00000261. The number of para-hydroxylation sites is 3. The van der Waals surface area contributed by atoms with Gasteiger partial charge in [-0.25, -0.2) is 0 Å². The van der Waals surface area contributed by atoms with E-state index in [4.69, 9.17) is 23.6 Å². The predicted molar refractivity (Wildman–Crippen MR) is 272 cm³/mol. The molecule has 0 spiro atoms. The van der Waals surface area contributed by atoms with E-state index in [2.05, 4.69) is 215 Å². The normalized spacial score (nSPS) is 17.4. The van der Waals surface area contributed by atoms with Crippen LogP contribution in [-0.2, 0) is 0 Å². The number of nitrogens with zero attached hydrogens (tertiary/aromatic N) is 2. The van der Waals surface area contributed by atoms with E-state index < -0.39 is 0 Å². The zero-order valence-corrected chi connectivity index (χ0v) is 37.3. The molecule has 1 heterocycles. The molecule has 6 aromatic carbocycles. The summed E-state index contributed by atoms with van der Waals surface area (Å²) in [6.07, 6.45) is 17.1. The molecule has 0 amide bonds. The molecular weight excluding hydrogens is 773 g/mol. The van der Waals surface area contributed by atoms with Gasteiger partial charge in [-0.2, -0.15) is 0 Å². The van der Waals surface area contributed by atoms with Crippen LogP contribution in [0.2, 0.25) is 0 Å². The highest BCUT2D eigenvalue weighted by Crippen LogP contribution is 2.47. The van der Waals surface area contributed by atoms with Gasteiger partial charge in [-0.1, -0.05) is 159 Å². The second-order valence-corrected chi connectivity index (χ2v) is 17.0. The minimum atomic E-state index is 0.0786. The van der Waals surface area contributed by atoms with Crippen molar-refractivity contribution in [1.82, 2.24) is 0 Å². The molecular formula is C58H56N2OS. The van der Waals surface area contributed by atoms with Crippen molar-refractivity contribution in [2.45, 2.75) is 57.9 Å². The van der Waals surface area contributed by atoms with E-state index in [0.29, 0.717) is 0 Å². The first kappa shape index (κ1) is 42.2. The van der Waals surface area contributed by atoms with Gasteiger partial charge in [-0.05, 0) is 92.3 Å². The average Bonchev–Trinajstić information content (AvgIpc) is 3.68. The van der Waals surface area contributed by atoms with Crippen molar-refractivity contribution >= 4 is 68.0 Å². The third-order valence-electron chi connectivity index (χ3n) is 12.5. The standard InChI is InChI=1S/C56H52N2OS.C2H4/c1-36(2)57(48-31-16-11-21-38(48)4)52-35-53(60)54(45-27-15-14-26-44(45)52)40(6)34-51(42-25-13-10-20-37(42)3)58(49-32-17-12-22-39(49)5)50-33-19-30-47-46-29-18-28-43(55(46)59-56(47)50)41-23-8-7-9-24-41;1-2/h7-11,13-16,18-31,33-35,37,42,49,60H,1,6,12,17,32H2,2-5H3;1-2H2/b51-34+;. The Kier molecular flexibility index (Phi) is 12.4. The maximum Gasteiger partial charge on any atom is 0.159 e. The lowest BCUT2D eigenvalue weighted by molar-refractivity contribution is 0.516. The van der Waals surface area contributed by atoms with Crippen molar-refractivity contribution in [3.8, 4) is 11.1 Å². The van der Waals surface area contributed by atoms with Crippen LogP contribution in [0.25, 0.3) is 49.4 Å². The Morgan fingerprint density at radius 2 is 1.37 bits per heavy atom. The number of benzene rings is 6. The summed E-state index contributed by atoms with van der Waals surface area (Å²) in [5.74, 6) is 0.326. The second-order valence-electron chi connectivity index (χ2n) is 16.5. The lowest BCUT2D eigenvalue weighted by Crippen LogP contribution is -2.40. The zero-order chi connectivity index (χ0) is 43.5. The number of furan rings is 1. The van der Waals surface area contributed by atoms with E-state index in [1.165, 1.54) is 16.8 Å². The van der Waals surface area contributed by atoms with Crippen molar-refractivity contribution < 1.29 is 4.42 Å². The Morgan fingerprint density at radius 3 is 2.10 bits per heavy atom. The number of hydrogen-bond acceptors (Lipinski definition) is 4. The second kappa shape index (κ2) is 18.2. The summed E-state index contributed by atoms with van der Waals surface area (Å²) in [7, 11) is 0. The Hall–Kier alpha value is -6.49. The predicted octanol–water partition coefficient (Wildman–Crippen LogP) is 16.8. The third kappa shape index (κ3) is 7.80. The summed E-state index contributed by atoms with van der Waals surface area (Å²) >= 11 is 5.30. The van der Waals surface area contributed by atoms with Gasteiger partial charge in [0.2, 0.25) is 0 Å². The maximum atomic E-state index is 7.14. The molecule has 9 rings (SSSR count). The van der Waals surface area contributed by atoms with Crippen molar-refractivity contribution in [1.29, 1.82) is 0 Å². The third-order valence-corrected chi connectivity index (χ3v) is 12.8. The molecule has 0 fully saturated rings. The van der Waals surface area contributed by atoms with Crippen LogP contribution in [-0.4, -0.2) is 6.04 Å². The van der Waals surface area contributed by atoms with Crippen molar-refractivity contribution in [2.24, 2.45) is 11.8 Å². The molecule has 62 heavy (non-hydrogen) atoms. The first-order valence-electron chi connectivity index (χ1n) is 21.7. The minimum absolute atomic E-state index is 0.0786. The smallest absolute Gasteiger partial charge is 0.159 e. The molecule has 1 aromatic heterocycles. The number of thiol groups is 1. The minimum Gasteiger partial charge on any atom is -0.453 e. The van der Waals surface area contributed by atoms with Crippen molar-refractivity contribution in [2.75, 3.05) is 9.80 Å². The highest BCUT2D eigenvalue weighted by Gasteiger charge is 2.34. The van der Waals surface area contributed by atoms with Gasteiger partial charge < -0.3 is 14.2 Å². The van der Waals surface area contributed by atoms with Gasteiger partial charge in [0.05, 0.1) is 17.4 Å². The van der Waals surface area contributed by atoms with Gasteiger partial charge in [-0.3, -0.25) is 0 Å². The molecule has 2 aliphatic carbocycles. The molecule has 3 unspecified atom stereocenters. The summed E-state index contributed by atoms with van der Waals surface area (Å²) < 4.78 is 7.14. The van der Waals surface area contributed by atoms with Gasteiger partial charge >= 0.3 is 0 Å². The largest absolute Gasteiger partial charge is 0.453 e. The highest BCUT2D eigenvalue weighted by atomic mass is 32.1. The fraction of sp³-hybridized carbons (Fsp3) is 0.172. The number of fused-ring (bicyclic) bond motifs is 4.